The summed E-state index contributed by atoms with van der Waals surface area (Å²) in [7, 11) is 1.82. The molecule has 0 saturated carbocycles. The second-order valence-corrected chi connectivity index (χ2v) is 5.58. The van der Waals surface area contributed by atoms with Crippen molar-refractivity contribution < 1.29 is 4.74 Å². The van der Waals surface area contributed by atoms with Crippen LogP contribution in [0.5, 0.6) is 6.01 Å². The van der Waals surface area contributed by atoms with Crippen LogP contribution in [0.3, 0.4) is 0 Å². The highest BCUT2D eigenvalue weighted by molar-refractivity contribution is 5.38. The molecule has 0 spiro atoms. The number of nitrogens with one attached hydrogen (secondary N) is 1. The summed E-state index contributed by atoms with van der Waals surface area (Å²) < 4.78 is 5.74. The summed E-state index contributed by atoms with van der Waals surface area (Å²) in [5.74, 6) is 1.30. The van der Waals surface area contributed by atoms with E-state index in [1.54, 1.807) is 0 Å². The zero-order valence-corrected chi connectivity index (χ0v) is 12.7. The molecule has 0 radical (unpaired) electrons. The SMILES string of the molecule is CNc1nc(OCCN2CCCC2)nc(N2CCCC2)n1. The van der Waals surface area contributed by atoms with Crippen molar-refractivity contribution >= 4 is 11.9 Å². The van der Waals surface area contributed by atoms with E-state index in [0.29, 0.717) is 18.6 Å². The summed E-state index contributed by atoms with van der Waals surface area (Å²) in [6.45, 7) is 5.97. The van der Waals surface area contributed by atoms with E-state index in [9.17, 15) is 0 Å². The lowest BCUT2D eigenvalue weighted by atomic mass is 10.4. The molecule has 2 aliphatic rings. The summed E-state index contributed by atoms with van der Waals surface area (Å²) in [5.41, 5.74) is 0. The molecule has 3 rings (SSSR count). The van der Waals surface area contributed by atoms with Gasteiger partial charge in [0.2, 0.25) is 11.9 Å². The van der Waals surface area contributed by atoms with Crippen LogP contribution < -0.4 is 15.0 Å². The van der Waals surface area contributed by atoms with Crippen molar-refractivity contribution in [3.05, 3.63) is 0 Å². The molecule has 0 atom stereocenters. The lowest BCUT2D eigenvalue weighted by Crippen LogP contribution is -2.26. The molecular weight excluding hydrogens is 268 g/mol. The van der Waals surface area contributed by atoms with Gasteiger partial charge in [-0.3, -0.25) is 4.90 Å². The number of rotatable bonds is 6. The number of hydrogen-bond donors (Lipinski definition) is 1. The fourth-order valence-corrected chi connectivity index (χ4v) is 2.85. The summed E-state index contributed by atoms with van der Waals surface area (Å²) in [5, 5.41) is 2.98. The van der Waals surface area contributed by atoms with E-state index in [0.717, 1.165) is 25.6 Å². The summed E-state index contributed by atoms with van der Waals surface area (Å²) in [6, 6.07) is 0.426. The maximum absolute atomic E-state index is 5.74. The topological polar surface area (TPSA) is 66.4 Å². The Bertz CT molecular complexity index is 457. The predicted molar refractivity (Wildman–Crippen MR) is 82.0 cm³/mol. The first kappa shape index (κ1) is 14.3. The molecule has 1 aromatic rings. The van der Waals surface area contributed by atoms with Crippen molar-refractivity contribution in [3.63, 3.8) is 0 Å². The summed E-state index contributed by atoms with van der Waals surface area (Å²) >= 11 is 0. The predicted octanol–water partition coefficient (Wildman–Crippen LogP) is 0.988. The number of nitrogens with zero attached hydrogens (tertiary/aromatic N) is 5. The fraction of sp³-hybridized carbons (Fsp3) is 0.786. The molecule has 1 N–H and O–H groups in total. The molecule has 2 aliphatic heterocycles. The highest BCUT2D eigenvalue weighted by Gasteiger charge is 2.18. The van der Waals surface area contributed by atoms with E-state index in [1.807, 2.05) is 7.05 Å². The largest absolute Gasteiger partial charge is 0.462 e. The van der Waals surface area contributed by atoms with Crippen LogP contribution in [0.2, 0.25) is 0 Å². The van der Waals surface area contributed by atoms with Crippen LogP contribution in [0.15, 0.2) is 0 Å². The third-order valence-electron chi connectivity index (χ3n) is 4.05. The van der Waals surface area contributed by atoms with Gasteiger partial charge in [-0.1, -0.05) is 0 Å². The summed E-state index contributed by atoms with van der Waals surface area (Å²) in [6.07, 6.45) is 5.00. The summed E-state index contributed by atoms with van der Waals surface area (Å²) in [4.78, 5) is 17.8. The van der Waals surface area contributed by atoms with Gasteiger partial charge in [0.05, 0.1) is 0 Å². The zero-order chi connectivity index (χ0) is 14.5. The third kappa shape index (κ3) is 3.72. The number of aromatic nitrogens is 3. The van der Waals surface area contributed by atoms with Crippen LogP contribution in [0.1, 0.15) is 25.7 Å². The second kappa shape index (κ2) is 6.89. The van der Waals surface area contributed by atoms with E-state index in [4.69, 9.17) is 4.74 Å². The highest BCUT2D eigenvalue weighted by atomic mass is 16.5. The zero-order valence-electron chi connectivity index (χ0n) is 12.7. The molecular formula is C14H24N6O. The first-order valence-corrected chi connectivity index (χ1v) is 7.89. The second-order valence-electron chi connectivity index (χ2n) is 5.58. The molecule has 7 heteroatoms. The minimum Gasteiger partial charge on any atom is -0.462 e. The Kier molecular flexibility index (Phi) is 4.69. The van der Waals surface area contributed by atoms with E-state index in [-0.39, 0.29) is 0 Å². The van der Waals surface area contributed by atoms with Gasteiger partial charge in [-0.05, 0) is 38.8 Å². The number of likely N-dealkylation sites (tertiary alicyclic amines) is 1. The van der Waals surface area contributed by atoms with Crippen molar-refractivity contribution in [1.29, 1.82) is 0 Å². The van der Waals surface area contributed by atoms with Gasteiger partial charge in [0.1, 0.15) is 6.61 Å². The van der Waals surface area contributed by atoms with Crippen molar-refractivity contribution in [2.75, 3.05) is 56.6 Å². The quantitative estimate of drug-likeness (QED) is 0.838. The number of anilines is 2. The molecule has 0 aliphatic carbocycles. The van der Waals surface area contributed by atoms with Crippen LogP contribution in [-0.2, 0) is 0 Å². The fourth-order valence-electron chi connectivity index (χ4n) is 2.85. The first-order chi connectivity index (χ1) is 10.3. The molecule has 1 aromatic heterocycles. The maximum atomic E-state index is 5.74. The average molecular weight is 292 g/mol. The van der Waals surface area contributed by atoms with Crippen LogP contribution in [-0.4, -0.2) is 66.2 Å². The van der Waals surface area contributed by atoms with Gasteiger partial charge in [-0.15, -0.1) is 0 Å². The minimum absolute atomic E-state index is 0.426. The van der Waals surface area contributed by atoms with Crippen LogP contribution in [0.4, 0.5) is 11.9 Å². The number of hydrogen-bond acceptors (Lipinski definition) is 7. The third-order valence-corrected chi connectivity index (χ3v) is 4.05. The molecule has 2 saturated heterocycles. The Morgan fingerprint density at radius 1 is 1.00 bits per heavy atom. The van der Waals surface area contributed by atoms with Crippen molar-refractivity contribution in [1.82, 2.24) is 19.9 Å². The van der Waals surface area contributed by atoms with Crippen molar-refractivity contribution in [2.24, 2.45) is 0 Å². The molecule has 3 heterocycles. The van der Waals surface area contributed by atoms with E-state index in [1.165, 1.54) is 38.8 Å². The van der Waals surface area contributed by atoms with Gasteiger partial charge >= 0.3 is 6.01 Å². The van der Waals surface area contributed by atoms with E-state index < -0.39 is 0 Å². The first-order valence-electron chi connectivity index (χ1n) is 7.89. The van der Waals surface area contributed by atoms with Gasteiger partial charge in [0.25, 0.3) is 0 Å². The molecule has 21 heavy (non-hydrogen) atoms. The minimum atomic E-state index is 0.426. The maximum Gasteiger partial charge on any atom is 0.323 e. The van der Waals surface area contributed by atoms with Gasteiger partial charge < -0.3 is 15.0 Å². The molecule has 116 valence electrons. The van der Waals surface area contributed by atoms with Gasteiger partial charge in [0.15, 0.2) is 0 Å². The Morgan fingerprint density at radius 2 is 1.71 bits per heavy atom. The molecule has 0 unspecified atom stereocenters. The standard InChI is InChI=1S/C14H24N6O/c1-15-12-16-13(20-8-4-5-9-20)18-14(17-12)21-11-10-19-6-2-3-7-19/h2-11H2,1H3,(H,15,16,17,18). The highest BCUT2D eigenvalue weighted by Crippen LogP contribution is 2.19. The molecule has 7 nitrogen and oxygen atoms in total. The molecule has 0 amide bonds. The molecule has 0 bridgehead atoms. The molecule has 2 fully saturated rings. The van der Waals surface area contributed by atoms with E-state index in [2.05, 4.69) is 30.1 Å². The Hall–Kier alpha value is -1.63. The Balaban J connectivity index is 1.61. The normalized spacial score (nSPS) is 19.2. The number of ether oxygens (including phenoxy) is 1. The van der Waals surface area contributed by atoms with E-state index >= 15 is 0 Å². The van der Waals surface area contributed by atoms with Crippen LogP contribution in [0, 0.1) is 0 Å². The van der Waals surface area contributed by atoms with Crippen molar-refractivity contribution in [2.45, 2.75) is 25.7 Å². The van der Waals surface area contributed by atoms with Crippen molar-refractivity contribution in [3.8, 4) is 6.01 Å². The lowest BCUT2D eigenvalue weighted by Gasteiger charge is -2.17. The lowest BCUT2D eigenvalue weighted by molar-refractivity contribution is 0.225. The van der Waals surface area contributed by atoms with Crippen LogP contribution in [0.25, 0.3) is 0 Å². The van der Waals surface area contributed by atoms with Gasteiger partial charge in [-0.25, -0.2) is 0 Å². The average Bonchev–Trinajstić information content (AvgIpc) is 3.20. The smallest absolute Gasteiger partial charge is 0.323 e. The van der Waals surface area contributed by atoms with Crippen LogP contribution >= 0.6 is 0 Å². The Morgan fingerprint density at radius 3 is 2.43 bits per heavy atom. The monoisotopic (exact) mass is 292 g/mol. The van der Waals surface area contributed by atoms with Gasteiger partial charge in [0, 0.05) is 26.7 Å². The van der Waals surface area contributed by atoms with Gasteiger partial charge in [-0.2, -0.15) is 15.0 Å². The molecule has 0 aromatic carbocycles. The Labute approximate surface area is 125 Å².